The Bertz CT molecular complexity index is 708. The van der Waals surface area contributed by atoms with Crippen LogP contribution in [0.5, 0.6) is 0 Å². The van der Waals surface area contributed by atoms with Crippen molar-refractivity contribution in [3.63, 3.8) is 0 Å². The van der Waals surface area contributed by atoms with Crippen LogP contribution in [0.15, 0.2) is 48.5 Å². The van der Waals surface area contributed by atoms with Crippen LogP contribution in [0.2, 0.25) is 0 Å². The van der Waals surface area contributed by atoms with Crippen molar-refractivity contribution in [3.05, 3.63) is 70.8 Å². The van der Waals surface area contributed by atoms with Gasteiger partial charge >= 0.3 is 0 Å². The van der Waals surface area contributed by atoms with E-state index in [1.807, 2.05) is 31.2 Å². The van der Waals surface area contributed by atoms with Gasteiger partial charge in [0.05, 0.1) is 0 Å². The summed E-state index contributed by atoms with van der Waals surface area (Å²) in [6, 6.07) is 14.9. The zero-order valence-corrected chi connectivity index (χ0v) is 15.0. The van der Waals surface area contributed by atoms with E-state index in [0.29, 0.717) is 24.2 Å². The van der Waals surface area contributed by atoms with Gasteiger partial charge in [-0.2, -0.15) is 0 Å². The minimum atomic E-state index is -0.179. The molecule has 0 saturated carbocycles. The first-order chi connectivity index (χ1) is 12.1. The van der Waals surface area contributed by atoms with Crippen LogP contribution >= 0.6 is 0 Å². The van der Waals surface area contributed by atoms with Gasteiger partial charge < -0.3 is 10.6 Å². The SMILES string of the molecule is CCCCCNC(=O)c1cccc(C(=O)NCc2ccc(C)cc2)c1. The fraction of sp³-hybridized carbons (Fsp3) is 0.333. The summed E-state index contributed by atoms with van der Waals surface area (Å²) in [5, 5.41) is 5.78. The van der Waals surface area contributed by atoms with Crippen LogP contribution in [-0.4, -0.2) is 18.4 Å². The predicted octanol–water partition coefficient (Wildman–Crippen LogP) is 3.85. The maximum atomic E-state index is 12.3. The van der Waals surface area contributed by atoms with Gasteiger partial charge in [0.1, 0.15) is 0 Å². The van der Waals surface area contributed by atoms with Gasteiger partial charge in [0.25, 0.3) is 11.8 Å². The lowest BCUT2D eigenvalue weighted by Gasteiger charge is -2.08. The first kappa shape index (κ1) is 18.7. The molecule has 2 N–H and O–H groups in total. The predicted molar refractivity (Wildman–Crippen MR) is 101 cm³/mol. The molecule has 2 aromatic rings. The van der Waals surface area contributed by atoms with Gasteiger partial charge in [-0.1, -0.05) is 55.7 Å². The van der Waals surface area contributed by atoms with Gasteiger partial charge in [0.15, 0.2) is 0 Å². The van der Waals surface area contributed by atoms with Gasteiger partial charge in [-0.15, -0.1) is 0 Å². The Kier molecular flexibility index (Phi) is 7.20. The molecule has 0 aromatic heterocycles. The van der Waals surface area contributed by atoms with Crippen LogP contribution in [0.3, 0.4) is 0 Å². The second-order valence-corrected chi connectivity index (χ2v) is 6.21. The largest absolute Gasteiger partial charge is 0.352 e. The number of rotatable bonds is 8. The molecule has 0 spiro atoms. The quantitative estimate of drug-likeness (QED) is 0.718. The molecule has 2 rings (SSSR count). The van der Waals surface area contributed by atoms with E-state index in [0.717, 1.165) is 24.8 Å². The summed E-state index contributed by atoms with van der Waals surface area (Å²) in [6.07, 6.45) is 3.19. The summed E-state index contributed by atoms with van der Waals surface area (Å²) < 4.78 is 0. The van der Waals surface area contributed by atoms with Gasteiger partial charge in [-0.05, 0) is 37.1 Å². The van der Waals surface area contributed by atoms with E-state index < -0.39 is 0 Å². The van der Waals surface area contributed by atoms with Crippen molar-refractivity contribution in [2.24, 2.45) is 0 Å². The lowest BCUT2D eigenvalue weighted by atomic mass is 10.1. The number of hydrogen-bond acceptors (Lipinski definition) is 2. The van der Waals surface area contributed by atoms with E-state index in [1.165, 1.54) is 5.56 Å². The van der Waals surface area contributed by atoms with Gasteiger partial charge in [-0.25, -0.2) is 0 Å². The van der Waals surface area contributed by atoms with Gasteiger partial charge in [0, 0.05) is 24.2 Å². The molecule has 0 radical (unpaired) electrons. The highest BCUT2D eigenvalue weighted by Crippen LogP contribution is 2.07. The molecule has 4 heteroatoms. The third-order valence-corrected chi connectivity index (χ3v) is 4.03. The van der Waals surface area contributed by atoms with Gasteiger partial charge in [-0.3, -0.25) is 9.59 Å². The summed E-state index contributed by atoms with van der Waals surface area (Å²) in [4.78, 5) is 24.5. The lowest BCUT2D eigenvalue weighted by Crippen LogP contribution is -2.26. The third kappa shape index (κ3) is 6.07. The van der Waals surface area contributed by atoms with Crippen molar-refractivity contribution in [2.75, 3.05) is 6.54 Å². The normalized spacial score (nSPS) is 10.3. The number of carbonyl (C=O) groups excluding carboxylic acids is 2. The van der Waals surface area contributed by atoms with Crippen LogP contribution in [0.25, 0.3) is 0 Å². The molecule has 2 aromatic carbocycles. The average molecular weight is 338 g/mol. The Labute approximate surface area is 149 Å². The zero-order chi connectivity index (χ0) is 18.1. The monoisotopic (exact) mass is 338 g/mol. The zero-order valence-electron chi connectivity index (χ0n) is 15.0. The summed E-state index contributed by atoms with van der Waals surface area (Å²) in [6.45, 7) is 5.28. The van der Waals surface area contributed by atoms with Crippen LogP contribution in [0.4, 0.5) is 0 Å². The number of amides is 2. The Morgan fingerprint density at radius 2 is 1.52 bits per heavy atom. The number of benzene rings is 2. The Morgan fingerprint density at radius 3 is 2.16 bits per heavy atom. The van der Waals surface area contributed by atoms with E-state index in [1.54, 1.807) is 24.3 Å². The van der Waals surface area contributed by atoms with Crippen molar-refractivity contribution in [1.82, 2.24) is 10.6 Å². The second kappa shape index (κ2) is 9.62. The average Bonchev–Trinajstić information content (AvgIpc) is 2.64. The molecule has 4 nitrogen and oxygen atoms in total. The van der Waals surface area contributed by atoms with Crippen molar-refractivity contribution in [1.29, 1.82) is 0 Å². The van der Waals surface area contributed by atoms with Crippen molar-refractivity contribution >= 4 is 11.8 Å². The number of unbranched alkanes of at least 4 members (excludes halogenated alkanes) is 2. The molecule has 0 saturated heterocycles. The standard InChI is InChI=1S/C21H26N2O2/c1-3-4-5-13-22-20(24)18-7-6-8-19(14-18)21(25)23-15-17-11-9-16(2)10-12-17/h6-12,14H,3-5,13,15H2,1-2H3,(H,22,24)(H,23,25). The highest BCUT2D eigenvalue weighted by molar-refractivity contribution is 5.99. The number of carbonyl (C=O) groups is 2. The first-order valence-electron chi connectivity index (χ1n) is 8.82. The topological polar surface area (TPSA) is 58.2 Å². The van der Waals surface area contributed by atoms with E-state index in [-0.39, 0.29) is 11.8 Å². The van der Waals surface area contributed by atoms with Crippen LogP contribution < -0.4 is 10.6 Å². The summed E-state index contributed by atoms with van der Waals surface area (Å²) >= 11 is 0. The maximum absolute atomic E-state index is 12.3. The lowest BCUT2D eigenvalue weighted by molar-refractivity contribution is 0.0950. The molecule has 0 heterocycles. The third-order valence-electron chi connectivity index (χ3n) is 4.03. The fourth-order valence-electron chi connectivity index (χ4n) is 2.47. The van der Waals surface area contributed by atoms with E-state index in [9.17, 15) is 9.59 Å². The van der Waals surface area contributed by atoms with E-state index in [4.69, 9.17) is 0 Å². The molecule has 0 bridgehead atoms. The molecular formula is C21H26N2O2. The van der Waals surface area contributed by atoms with E-state index in [2.05, 4.69) is 17.6 Å². The van der Waals surface area contributed by atoms with Crippen molar-refractivity contribution in [2.45, 2.75) is 39.7 Å². The van der Waals surface area contributed by atoms with Crippen LogP contribution in [0.1, 0.15) is 58.0 Å². The summed E-state index contributed by atoms with van der Waals surface area (Å²) in [5.41, 5.74) is 3.24. The van der Waals surface area contributed by atoms with Crippen LogP contribution in [-0.2, 0) is 6.54 Å². The number of hydrogen-bond donors (Lipinski definition) is 2. The molecule has 0 fully saturated rings. The molecule has 0 aliphatic rings. The second-order valence-electron chi connectivity index (χ2n) is 6.21. The maximum Gasteiger partial charge on any atom is 0.251 e. The fourth-order valence-corrected chi connectivity index (χ4v) is 2.47. The molecule has 0 aliphatic carbocycles. The summed E-state index contributed by atoms with van der Waals surface area (Å²) in [7, 11) is 0. The smallest absolute Gasteiger partial charge is 0.251 e. The Hall–Kier alpha value is -2.62. The molecule has 25 heavy (non-hydrogen) atoms. The van der Waals surface area contributed by atoms with Crippen molar-refractivity contribution < 1.29 is 9.59 Å². The molecular weight excluding hydrogens is 312 g/mol. The molecule has 2 amide bonds. The minimum absolute atomic E-state index is 0.135. The van der Waals surface area contributed by atoms with Gasteiger partial charge in [0.2, 0.25) is 0 Å². The molecule has 132 valence electrons. The molecule has 0 atom stereocenters. The van der Waals surface area contributed by atoms with Crippen molar-refractivity contribution in [3.8, 4) is 0 Å². The number of aryl methyl sites for hydroxylation is 1. The minimum Gasteiger partial charge on any atom is -0.352 e. The number of nitrogens with one attached hydrogen (secondary N) is 2. The highest BCUT2D eigenvalue weighted by atomic mass is 16.2. The van der Waals surface area contributed by atoms with Crippen LogP contribution in [0, 0.1) is 6.92 Å². The Morgan fingerprint density at radius 1 is 0.880 bits per heavy atom. The highest BCUT2D eigenvalue weighted by Gasteiger charge is 2.10. The molecule has 0 aliphatic heterocycles. The summed E-state index contributed by atoms with van der Waals surface area (Å²) in [5.74, 6) is -0.314. The van der Waals surface area contributed by atoms with E-state index >= 15 is 0 Å². The Balaban J connectivity index is 1.91. The molecule has 0 unspecified atom stereocenters. The first-order valence-corrected chi connectivity index (χ1v) is 8.82.